The largest absolute Gasteiger partial charge is 0.496 e. The van der Waals surface area contributed by atoms with Gasteiger partial charge < -0.3 is 9.64 Å². The maximum atomic E-state index is 11.5. The Balaban J connectivity index is 2.77. The van der Waals surface area contributed by atoms with Gasteiger partial charge in [-0.15, -0.1) is 0 Å². The maximum absolute atomic E-state index is 11.5. The molecule has 0 radical (unpaired) electrons. The van der Waals surface area contributed by atoms with Gasteiger partial charge >= 0.3 is 0 Å². The maximum Gasteiger partial charge on any atom is 0.159 e. The quantitative estimate of drug-likeness (QED) is 0.655. The summed E-state index contributed by atoms with van der Waals surface area (Å²) in [5.41, 5.74) is 1.83. The van der Waals surface area contributed by atoms with Gasteiger partial charge in [0, 0.05) is 17.7 Å². The summed E-state index contributed by atoms with van der Waals surface area (Å²) in [4.78, 5) is 16.1. The minimum absolute atomic E-state index is 0.0922. The molecule has 4 heteroatoms. The number of hydrogen-bond donors (Lipinski definition) is 0. The monoisotopic (exact) mass is 292 g/mol. The standard InChI is InChI=1S/C17H28N2O2/c1-6-19(11-7-10-18(3)4)13-16-12-15(14(2)20)8-9-17(16)21-5/h8-9,12H,6-7,10-11,13H2,1-5H3. The second-order valence-electron chi connectivity index (χ2n) is 5.61. The lowest BCUT2D eigenvalue weighted by Crippen LogP contribution is -2.27. The summed E-state index contributed by atoms with van der Waals surface area (Å²) < 4.78 is 5.42. The lowest BCUT2D eigenvalue weighted by molar-refractivity contribution is 0.101. The van der Waals surface area contributed by atoms with Gasteiger partial charge in [-0.05, 0) is 65.3 Å². The first kappa shape index (κ1) is 17.7. The van der Waals surface area contributed by atoms with Crippen molar-refractivity contribution in [3.05, 3.63) is 29.3 Å². The van der Waals surface area contributed by atoms with E-state index in [1.807, 2.05) is 18.2 Å². The van der Waals surface area contributed by atoms with Crippen LogP contribution in [0.3, 0.4) is 0 Å². The zero-order valence-corrected chi connectivity index (χ0v) is 14.0. The van der Waals surface area contributed by atoms with Gasteiger partial charge in [0.25, 0.3) is 0 Å². The summed E-state index contributed by atoms with van der Waals surface area (Å²) in [5.74, 6) is 0.945. The van der Waals surface area contributed by atoms with Gasteiger partial charge in [-0.2, -0.15) is 0 Å². The van der Waals surface area contributed by atoms with E-state index in [1.54, 1.807) is 14.0 Å². The lowest BCUT2D eigenvalue weighted by Gasteiger charge is -2.22. The molecule has 0 aliphatic heterocycles. The van der Waals surface area contributed by atoms with E-state index in [0.717, 1.165) is 49.5 Å². The van der Waals surface area contributed by atoms with E-state index in [2.05, 4.69) is 30.8 Å². The number of carbonyl (C=O) groups excluding carboxylic acids is 1. The Labute approximate surface area is 128 Å². The fraction of sp³-hybridized carbons (Fsp3) is 0.588. The normalized spacial score (nSPS) is 11.2. The highest BCUT2D eigenvalue weighted by Crippen LogP contribution is 2.22. The topological polar surface area (TPSA) is 32.8 Å². The Morgan fingerprint density at radius 2 is 1.95 bits per heavy atom. The molecular formula is C17H28N2O2. The predicted octanol–water partition coefficient (Wildman–Crippen LogP) is 2.67. The summed E-state index contributed by atoms with van der Waals surface area (Å²) in [6.45, 7) is 7.69. The summed E-state index contributed by atoms with van der Waals surface area (Å²) >= 11 is 0. The van der Waals surface area contributed by atoms with Gasteiger partial charge in [-0.25, -0.2) is 0 Å². The third-order valence-corrected chi connectivity index (χ3v) is 3.61. The van der Waals surface area contributed by atoms with Gasteiger partial charge in [-0.3, -0.25) is 9.69 Å². The molecule has 118 valence electrons. The molecule has 21 heavy (non-hydrogen) atoms. The molecule has 0 N–H and O–H groups in total. The van der Waals surface area contributed by atoms with Crippen molar-refractivity contribution in [3.8, 4) is 5.75 Å². The molecule has 4 nitrogen and oxygen atoms in total. The van der Waals surface area contributed by atoms with Crippen molar-refractivity contribution in [2.24, 2.45) is 0 Å². The Morgan fingerprint density at radius 3 is 2.48 bits per heavy atom. The molecule has 0 spiro atoms. The predicted molar refractivity (Wildman–Crippen MR) is 87.1 cm³/mol. The molecule has 0 heterocycles. The van der Waals surface area contributed by atoms with Crippen molar-refractivity contribution >= 4 is 5.78 Å². The number of carbonyl (C=O) groups is 1. The number of hydrogen-bond acceptors (Lipinski definition) is 4. The van der Waals surface area contributed by atoms with E-state index in [0.29, 0.717) is 0 Å². The van der Waals surface area contributed by atoms with E-state index in [-0.39, 0.29) is 5.78 Å². The van der Waals surface area contributed by atoms with Crippen molar-refractivity contribution in [3.63, 3.8) is 0 Å². The van der Waals surface area contributed by atoms with Crippen LogP contribution in [0.25, 0.3) is 0 Å². The summed E-state index contributed by atoms with van der Waals surface area (Å²) in [6, 6.07) is 5.67. The first-order chi connectivity index (χ1) is 9.97. The highest BCUT2D eigenvalue weighted by atomic mass is 16.5. The number of Topliss-reactive ketones (excluding diaryl/α,β-unsaturated/α-hetero) is 1. The number of rotatable bonds is 9. The molecule has 1 aromatic rings. The Morgan fingerprint density at radius 1 is 1.24 bits per heavy atom. The molecule has 0 atom stereocenters. The molecule has 0 fully saturated rings. The summed E-state index contributed by atoms with van der Waals surface area (Å²) in [6.07, 6.45) is 1.13. The Hall–Kier alpha value is -1.39. The average molecular weight is 292 g/mol. The van der Waals surface area contributed by atoms with Gasteiger partial charge in [-0.1, -0.05) is 6.92 Å². The second-order valence-corrected chi connectivity index (χ2v) is 5.61. The van der Waals surface area contributed by atoms with Crippen molar-refractivity contribution in [2.45, 2.75) is 26.8 Å². The van der Waals surface area contributed by atoms with Crippen LogP contribution < -0.4 is 4.74 Å². The molecule has 0 amide bonds. The van der Waals surface area contributed by atoms with E-state index in [1.165, 1.54) is 0 Å². The number of ether oxygens (including phenoxy) is 1. The Kier molecular flexibility index (Phi) is 7.40. The van der Waals surface area contributed by atoms with Crippen LogP contribution in [0.4, 0.5) is 0 Å². The van der Waals surface area contributed by atoms with Crippen LogP contribution in [0.5, 0.6) is 5.75 Å². The summed E-state index contributed by atoms with van der Waals surface area (Å²) in [5, 5.41) is 0. The van der Waals surface area contributed by atoms with E-state index < -0.39 is 0 Å². The van der Waals surface area contributed by atoms with Crippen LogP contribution in [0, 0.1) is 0 Å². The fourth-order valence-corrected chi connectivity index (χ4v) is 2.32. The van der Waals surface area contributed by atoms with Crippen molar-refractivity contribution in [2.75, 3.05) is 40.8 Å². The van der Waals surface area contributed by atoms with Gasteiger partial charge in [0.1, 0.15) is 5.75 Å². The zero-order valence-electron chi connectivity index (χ0n) is 14.0. The van der Waals surface area contributed by atoms with E-state index in [9.17, 15) is 4.79 Å². The molecule has 0 aromatic heterocycles. The van der Waals surface area contributed by atoms with E-state index >= 15 is 0 Å². The zero-order chi connectivity index (χ0) is 15.8. The van der Waals surface area contributed by atoms with Crippen LogP contribution in [0.1, 0.15) is 36.2 Å². The number of benzene rings is 1. The summed E-state index contributed by atoms with van der Waals surface area (Å²) in [7, 11) is 5.86. The SMILES string of the molecule is CCN(CCCN(C)C)Cc1cc(C(C)=O)ccc1OC. The number of methoxy groups -OCH3 is 1. The number of nitrogens with zero attached hydrogens (tertiary/aromatic N) is 2. The molecule has 0 saturated heterocycles. The minimum atomic E-state index is 0.0922. The highest BCUT2D eigenvalue weighted by molar-refractivity contribution is 5.94. The molecular weight excluding hydrogens is 264 g/mol. The second kappa shape index (κ2) is 8.80. The van der Waals surface area contributed by atoms with Crippen LogP contribution in [-0.4, -0.2) is 56.4 Å². The van der Waals surface area contributed by atoms with Crippen LogP contribution in [0.2, 0.25) is 0 Å². The Bertz CT molecular complexity index is 458. The molecule has 1 rings (SSSR count). The van der Waals surface area contributed by atoms with E-state index in [4.69, 9.17) is 4.74 Å². The molecule has 0 bridgehead atoms. The van der Waals surface area contributed by atoms with Crippen molar-refractivity contribution in [1.29, 1.82) is 0 Å². The first-order valence-electron chi connectivity index (χ1n) is 7.52. The third-order valence-electron chi connectivity index (χ3n) is 3.61. The van der Waals surface area contributed by atoms with Crippen molar-refractivity contribution in [1.82, 2.24) is 9.80 Å². The van der Waals surface area contributed by atoms with Crippen LogP contribution in [-0.2, 0) is 6.54 Å². The molecule has 0 aliphatic carbocycles. The third kappa shape index (κ3) is 5.86. The van der Waals surface area contributed by atoms with Crippen LogP contribution >= 0.6 is 0 Å². The molecule has 0 aliphatic rings. The lowest BCUT2D eigenvalue weighted by atomic mass is 10.1. The molecule has 0 saturated carbocycles. The van der Waals surface area contributed by atoms with Crippen molar-refractivity contribution < 1.29 is 9.53 Å². The average Bonchev–Trinajstić information content (AvgIpc) is 2.45. The highest BCUT2D eigenvalue weighted by Gasteiger charge is 2.11. The number of ketones is 1. The minimum Gasteiger partial charge on any atom is -0.496 e. The van der Waals surface area contributed by atoms with Crippen LogP contribution in [0.15, 0.2) is 18.2 Å². The van der Waals surface area contributed by atoms with Gasteiger partial charge in [0.05, 0.1) is 7.11 Å². The smallest absolute Gasteiger partial charge is 0.159 e. The van der Waals surface area contributed by atoms with Gasteiger partial charge in [0.2, 0.25) is 0 Å². The molecule has 1 aromatic carbocycles. The first-order valence-corrected chi connectivity index (χ1v) is 7.52. The van der Waals surface area contributed by atoms with Gasteiger partial charge in [0.15, 0.2) is 5.78 Å². The fourth-order valence-electron chi connectivity index (χ4n) is 2.32. The molecule has 0 unspecified atom stereocenters.